The Kier molecular flexibility index (Phi) is 3.12. The van der Waals surface area contributed by atoms with Crippen molar-refractivity contribution in [1.82, 2.24) is 10.2 Å². The van der Waals surface area contributed by atoms with Gasteiger partial charge < -0.3 is 10.2 Å². The summed E-state index contributed by atoms with van der Waals surface area (Å²) in [6, 6.07) is 0.520. The van der Waals surface area contributed by atoms with Gasteiger partial charge in [-0.25, -0.2) is 0 Å². The molecule has 0 radical (unpaired) electrons. The van der Waals surface area contributed by atoms with E-state index >= 15 is 0 Å². The van der Waals surface area contributed by atoms with Crippen molar-refractivity contribution in [2.75, 3.05) is 20.1 Å². The van der Waals surface area contributed by atoms with Crippen LogP contribution in [-0.2, 0) is 4.79 Å². The fraction of sp³-hybridized carbons (Fsp3) is 0.929. The van der Waals surface area contributed by atoms with Gasteiger partial charge in [0.25, 0.3) is 0 Å². The van der Waals surface area contributed by atoms with E-state index in [1.807, 2.05) is 7.05 Å². The number of carbonyl (C=O) groups excluding carboxylic acids is 1. The molecule has 1 aliphatic heterocycles. The number of hydrogen-bond acceptors (Lipinski definition) is 2. The Bertz CT molecular complexity index is 285. The molecule has 2 saturated carbocycles. The third-order valence-electron chi connectivity index (χ3n) is 4.69. The summed E-state index contributed by atoms with van der Waals surface area (Å²) in [6.07, 6.45) is 7.59. The lowest BCUT2D eigenvalue weighted by Crippen LogP contribution is -2.49. The zero-order valence-electron chi connectivity index (χ0n) is 10.8. The molecule has 0 aromatic heterocycles. The van der Waals surface area contributed by atoms with E-state index in [0.717, 1.165) is 24.9 Å². The number of nitrogens with zero attached hydrogens (tertiary/aromatic N) is 1. The highest BCUT2D eigenvalue weighted by Crippen LogP contribution is 2.50. The van der Waals surface area contributed by atoms with Crippen molar-refractivity contribution in [3.05, 3.63) is 0 Å². The monoisotopic (exact) mass is 236 g/mol. The first kappa shape index (κ1) is 11.5. The third kappa shape index (κ3) is 2.49. The SMILES string of the molecule is CNC1CCCN(C(=O)C(C2CC2)C2CC2)C1. The molecule has 3 rings (SSSR count). The van der Waals surface area contributed by atoms with E-state index < -0.39 is 0 Å². The van der Waals surface area contributed by atoms with Crippen molar-refractivity contribution in [1.29, 1.82) is 0 Å². The Morgan fingerprint density at radius 1 is 1.18 bits per heavy atom. The first-order valence-corrected chi connectivity index (χ1v) is 7.25. The van der Waals surface area contributed by atoms with Crippen molar-refractivity contribution in [3.63, 3.8) is 0 Å². The van der Waals surface area contributed by atoms with Crippen molar-refractivity contribution >= 4 is 5.91 Å². The van der Waals surface area contributed by atoms with Crippen LogP contribution < -0.4 is 5.32 Å². The molecule has 1 unspecified atom stereocenters. The summed E-state index contributed by atoms with van der Waals surface area (Å²) in [5, 5.41) is 3.32. The number of piperidine rings is 1. The van der Waals surface area contributed by atoms with Gasteiger partial charge in [-0.15, -0.1) is 0 Å². The summed E-state index contributed by atoms with van der Waals surface area (Å²) < 4.78 is 0. The smallest absolute Gasteiger partial charge is 0.226 e. The second-order valence-electron chi connectivity index (χ2n) is 6.11. The lowest BCUT2D eigenvalue weighted by Gasteiger charge is -2.35. The molecule has 3 fully saturated rings. The maximum atomic E-state index is 12.6. The van der Waals surface area contributed by atoms with Crippen molar-refractivity contribution in [3.8, 4) is 0 Å². The average Bonchev–Trinajstić information content (AvgIpc) is 3.23. The van der Waals surface area contributed by atoms with Crippen LogP contribution in [0.3, 0.4) is 0 Å². The Labute approximate surface area is 104 Å². The predicted molar refractivity (Wildman–Crippen MR) is 67.6 cm³/mol. The molecule has 3 aliphatic rings. The van der Waals surface area contributed by atoms with Crippen LogP contribution in [0.25, 0.3) is 0 Å². The molecule has 17 heavy (non-hydrogen) atoms. The number of likely N-dealkylation sites (tertiary alicyclic amines) is 1. The topological polar surface area (TPSA) is 32.3 Å². The molecular formula is C14H24N2O. The Morgan fingerprint density at radius 3 is 2.35 bits per heavy atom. The molecule has 1 saturated heterocycles. The molecule has 0 aromatic rings. The highest BCUT2D eigenvalue weighted by atomic mass is 16.2. The molecular weight excluding hydrogens is 212 g/mol. The minimum Gasteiger partial charge on any atom is -0.341 e. The normalized spacial score (nSPS) is 29.8. The number of hydrogen-bond donors (Lipinski definition) is 1. The molecule has 0 bridgehead atoms. The van der Waals surface area contributed by atoms with Crippen LogP contribution in [0.15, 0.2) is 0 Å². The van der Waals surface area contributed by atoms with Gasteiger partial charge in [0, 0.05) is 25.0 Å². The van der Waals surface area contributed by atoms with Crippen LogP contribution in [-0.4, -0.2) is 37.0 Å². The van der Waals surface area contributed by atoms with Gasteiger partial charge in [0.2, 0.25) is 5.91 Å². The molecule has 0 spiro atoms. The van der Waals surface area contributed by atoms with Gasteiger partial charge in [-0.2, -0.15) is 0 Å². The zero-order valence-corrected chi connectivity index (χ0v) is 10.8. The van der Waals surface area contributed by atoms with Gasteiger partial charge in [-0.3, -0.25) is 4.79 Å². The standard InChI is InChI=1S/C14H24N2O/c1-15-12-3-2-8-16(9-12)14(17)13(10-4-5-10)11-6-7-11/h10-13,15H,2-9H2,1H3. The van der Waals surface area contributed by atoms with Crippen molar-refractivity contribution in [2.45, 2.75) is 44.6 Å². The molecule has 1 N–H and O–H groups in total. The van der Waals surface area contributed by atoms with Gasteiger partial charge in [0.05, 0.1) is 0 Å². The molecule has 96 valence electrons. The molecule has 3 heteroatoms. The molecule has 1 heterocycles. The number of amides is 1. The van der Waals surface area contributed by atoms with Crippen LogP contribution in [0, 0.1) is 17.8 Å². The second kappa shape index (κ2) is 4.60. The summed E-state index contributed by atoms with van der Waals surface area (Å²) in [4.78, 5) is 14.8. The van der Waals surface area contributed by atoms with E-state index in [1.165, 1.54) is 38.5 Å². The predicted octanol–water partition coefficient (Wildman–Crippen LogP) is 1.63. The van der Waals surface area contributed by atoms with E-state index in [9.17, 15) is 4.79 Å². The summed E-state index contributed by atoms with van der Waals surface area (Å²) in [6.45, 7) is 1.93. The van der Waals surface area contributed by atoms with Gasteiger partial charge in [-0.05, 0) is 57.4 Å². The Morgan fingerprint density at radius 2 is 1.82 bits per heavy atom. The Balaban J connectivity index is 1.63. The first-order chi connectivity index (χ1) is 8.29. The minimum absolute atomic E-state index is 0.394. The highest BCUT2D eigenvalue weighted by molar-refractivity contribution is 5.80. The van der Waals surface area contributed by atoms with E-state index in [-0.39, 0.29) is 0 Å². The fourth-order valence-corrected chi connectivity index (χ4v) is 3.32. The van der Waals surface area contributed by atoms with Gasteiger partial charge in [0.1, 0.15) is 0 Å². The van der Waals surface area contributed by atoms with E-state index in [2.05, 4.69) is 10.2 Å². The van der Waals surface area contributed by atoms with Crippen molar-refractivity contribution < 1.29 is 4.79 Å². The van der Waals surface area contributed by atoms with Gasteiger partial charge in [0.15, 0.2) is 0 Å². The van der Waals surface area contributed by atoms with E-state index in [0.29, 0.717) is 17.9 Å². The minimum atomic E-state index is 0.394. The molecule has 3 nitrogen and oxygen atoms in total. The lowest BCUT2D eigenvalue weighted by molar-refractivity contribution is -0.138. The number of likely N-dealkylation sites (N-methyl/N-ethyl adjacent to an activating group) is 1. The fourth-order valence-electron chi connectivity index (χ4n) is 3.32. The summed E-state index contributed by atoms with van der Waals surface area (Å²) in [7, 11) is 2.01. The van der Waals surface area contributed by atoms with E-state index in [4.69, 9.17) is 0 Å². The lowest BCUT2D eigenvalue weighted by atomic mass is 9.94. The Hall–Kier alpha value is -0.570. The highest BCUT2D eigenvalue weighted by Gasteiger charge is 2.47. The maximum absolute atomic E-state index is 12.6. The number of carbonyl (C=O) groups is 1. The molecule has 0 aromatic carbocycles. The first-order valence-electron chi connectivity index (χ1n) is 7.25. The molecule has 1 amide bonds. The largest absolute Gasteiger partial charge is 0.341 e. The van der Waals surface area contributed by atoms with Crippen molar-refractivity contribution in [2.24, 2.45) is 17.8 Å². The molecule has 2 aliphatic carbocycles. The van der Waals surface area contributed by atoms with Crippen LogP contribution >= 0.6 is 0 Å². The number of rotatable bonds is 4. The number of nitrogens with one attached hydrogen (secondary N) is 1. The van der Waals surface area contributed by atoms with Gasteiger partial charge >= 0.3 is 0 Å². The van der Waals surface area contributed by atoms with Crippen LogP contribution in [0.2, 0.25) is 0 Å². The third-order valence-corrected chi connectivity index (χ3v) is 4.69. The summed E-state index contributed by atoms with van der Waals surface area (Å²) in [5.41, 5.74) is 0. The zero-order chi connectivity index (χ0) is 11.8. The molecule has 1 atom stereocenters. The second-order valence-corrected chi connectivity index (χ2v) is 6.11. The van der Waals surface area contributed by atoms with E-state index in [1.54, 1.807) is 0 Å². The summed E-state index contributed by atoms with van der Waals surface area (Å²) >= 11 is 0. The maximum Gasteiger partial charge on any atom is 0.226 e. The van der Waals surface area contributed by atoms with Gasteiger partial charge in [-0.1, -0.05) is 0 Å². The van der Waals surface area contributed by atoms with Crippen LogP contribution in [0.1, 0.15) is 38.5 Å². The quantitative estimate of drug-likeness (QED) is 0.804. The van der Waals surface area contributed by atoms with Crippen LogP contribution in [0.4, 0.5) is 0 Å². The average molecular weight is 236 g/mol. The summed E-state index contributed by atoms with van der Waals surface area (Å²) in [5.74, 6) is 2.36. The van der Waals surface area contributed by atoms with Crippen LogP contribution in [0.5, 0.6) is 0 Å².